The monoisotopic (exact) mass is 450 g/mol. The van der Waals surface area contributed by atoms with Gasteiger partial charge >= 0.3 is 0 Å². The molecule has 0 aliphatic heterocycles. The van der Waals surface area contributed by atoms with Gasteiger partial charge in [-0.15, -0.1) is 5.10 Å². The number of thioether (sulfide) groups is 1. The molecule has 8 nitrogen and oxygen atoms in total. The molecule has 3 aromatic heterocycles. The van der Waals surface area contributed by atoms with Crippen molar-refractivity contribution >= 4 is 28.9 Å². The van der Waals surface area contributed by atoms with E-state index in [9.17, 15) is 4.79 Å². The third-order valence-electron chi connectivity index (χ3n) is 4.62. The minimum Gasteiger partial charge on any atom is -0.338 e. The first-order valence-electron chi connectivity index (χ1n) is 9.34. The van der Waals surface area contributed by atoms with Crippen LogP contribution in [0.15, 0.2) is 69.1 Å². The number of nitrogens with one attached hydrogen (secondary N) is 1. The average molecular weight is 451 g/mol. The van der Waals surface area contributed by atoms with Crippen molar-refractivity contribution in [1.82, 2.24) is 30.0 Å². The summed E-state index contributed by atoms with van der Waals surface area (Å²) in [4.78, 5) is 16.7. The fraction of sp³-hybridized carbons (Fsp3) is 0.0952. The molecule has 154 valence electrons. The summed E-state index contributed by atoms with van der Waals surface area (Å²) in [5.41, 5.74) is 3.69. The molecular formula is C21H15ClN6O2S. The molecule has 31 heavy (non-hydrogen) atoms. The maximum absolute atomic E-state index is 12.2. The molecule has 0 saturated heterocycles. The van der Waals surface area contributed by atoms with Gasteiger partial charge in [-0.2, -0.15) is 10.1 Å². The summed E-state index contributed by atoms with van der Waals surface area (Å²) in [6.45, 7) is 2.02. The van der Waals surface area contributed by atoms with Gasteiger partial charge in [0.15, 0.2) is 0 Å². The van der Waals surface area contributed by atoms with E-state index in [4.69, 9.17) is 16.1 Å². The van der Waals surface area contributed by atoms with Gasteiger partial charge in [-0.25, -0.2) is 9.61 Å². The standard InChI is InChI=1S/C21H15ClN6O2S/c1-12-2-4-13(5-3-12)16-10-17-20(29)24-25-21(28(17)26-16)31-11-18-23-19(27-30-18)14-6-8-15(22)9-7-14/h2-10H,11H2,1H3,(H,24,29). The number of halogens is 1. The lowest BCUT2D eigenvalue weighted by molar-refractivity contribution is 0.391. The first kappa shape index (κ1) is 19.5. The molecule has 0 saturated carbocycles. The summed E-state index contributed by atoms with van der Waals surface area (Å²) in [6.07, 6.45) is 0. The molecule has 5 aromatic rings. The maximum Gasteiger partial charge on any atom is 0.290 e. The third kappa shape index (κ3) is 3.97. The van der Waals surface area contributed by atoms with Gasteiger partial charge in [0.25, 0.3) is 5.56 Å². The molecule has 0 atom stereocenters. The predicted molar refractivity (Wildman–Crippen MR) is 118 cm³/mol. The summed E-state index contributed by atoms with van der Waals surface area (Å²) in [6, 6.07) is 16.9. The summed E-state index contributed by atoms with van der Waals surface area (Å²) in [5.74, 6) is 1.28. The molecule has 1 N–H and O–H groups in total. The zero-order valence-electron chi connectivity index (χ0n) is 16.2. The van der Waals surface area contributed by atoms with Gasteiger partial charge in [-0.1, -0.05) is 58.3 Å². The molecule has 2 aromatic carbocycles. The van der Waals surface area contributed by atoms with E-state index >= 15 is 0 Å². The number of fused-ring (bicyclic) bond motifs is 1. The number of benzene rings is 2. The number of rotatable bonds is 5. The lowest BCUT2D eigenvalue weighted by Crippen LogP contribution is -2.13. The van der Waals surface area contributed by atoms with Crippen LogP contribution in [0.4, 0.5) is 0 Å². The number of hydrogen-bond acceptors (Lipinski definition) is 7. The Morgan fingerprint density at radius 3 is 2.61 bits per heavy atom. The second kappa shape index (κ2) is 8.01. The van der Waals surface area contributed by atoms with E-state index in [-0.39, 0.29) is 5.56 Å². The van der Waals surface area contributed by atoms with Crippen LogP contribution in [0.1, 0.15) is 11.5 Å². The average Bonchev–Trinajstić information content (AvgIpc) is 3.43. The highest BCUT2D eigenvalue weighted by Gasteiger charge is 2.15. The first-order chi connectivity index (χ1) is 15.1. The second-order valence-electron chi connectivity index (χ2n) is 6.84. The van der Waals surface area contributed by atoms with E-state index in [1.165, 1.54) is 16.3 Å². The van der Waals surface area contributed by atoms with Crippen LogP contribution in [0, 0.1) is 6.92 Å². The molecule has 0 aliphatic carbocycles. The van der Waals surface area contributed by atoms with Crippen molar-refractivity contribution < 1.29 is 4.52 Å². The minimum absolute atomic E-state index is 0.307. The van der Waals surface area contributed by atoms with Crippen LogP contribution in [0.25, 0.3) is 28.2 Å². The highest BCUT2D eigenvalue weighted by atomic mass is 35.5. The smallest absolute Gasteiger partial charge is 0.290 e. The van der Waals surface area contributed by atoms with Crippen LogP contribution in [-0.2, 0) is 5.75 Å². The molecule has 0 amide bonds. The lowest BCUT2D eigenvalue weighted by atomic mass is 10.1. The highest BCUT2D eigenvalue weighted by molar-refractivity contribution is 7.98. The van der Waals surface area contributed by atoms with Gasteiger partial charge in [0.05, 0.1) is 11.4 Å². The number of aryl methyl sites for hydroxylation is 1. The normalized spacial score (nSPS) is 11.3. The van der Waals surface area contributed by atoms with Gasteiger partial charge in [-0.05, 0) is 37.3 Å². The molecule has 0 radical (unpaired) electrons. The van der Waals surface area contributed by atoms with Gasteiger partial charge in [-0.3, -0.25) is 4.79 Å². The van der Waals surface area contributed by atoms with E-state index in [2.05, 4.69) is 25.4 Å². The molecule has 0 bridgehead atoms. The Bertz CT molecular complexity index is 1420. The van der Waals surface area contributed by atoms with Crippen molar-refractivity contribution in [3.05, 3.63) is 81.4 Å². The molecule has 3 heterocycles. The summed E-state index contributed by atoms with van der Waals surface area (Å²) in [7, 11) is 0. The second-order valence-corrected chi connectivity index (χ2v) is 8.21. The third-order valence-corrected chi connectivity index (χ3v) is 5.78. The summed E-state index contributed by atoms with van der Waals surface area (Å²) < 4.78 is 6.89. The van der Waals surface area contributed by atoms with Crippen LogP contribution < -0.4 is 5.56 Å². The largest absolute Gasteiger partial charge is 0.338 e. The quantitative estimate of drug-likeness (QED) is 0.396. The van der Waals surface area contributed by atoms with Crippen molar-refractivity contribution in [2.45, 2.75) is 17.8 Å². The Balaban J connectivity index is 1.41. The van der Waals surface area contributed by atoms with Gasteiger partial charge in [0.2, 0.25) is 16.9 Å². The van der Waals surface area contributed by atoms with Crippen LogP contribution in [0.3, 0.4) is 0 Å². The predicted octanol–water partition coefficient (Wildman–Crippen LogP) is 4.39. The number of nitrogens with zero attached hydrogens (tertiary/aromatic N) is 5. The summed E-state index contributed by atoms with van der Waals surface area (Å²) in [5, 5.41) is 16.4. The number of aromatic amines is 1. The summed E-state index contributed by atoms with van der Waals surface area (Å²) >= 11 is 7.26. The molecule has 0 spiro atoms. The Morgan fingerprint density at radius 2 is 1.84 bits per heavy atom. The Hall–Kier alpha value is -3.43. The highest BCUT2D eigenvalue weighted by Crippen LogP contribution is 2.25. The van der Waals surface area contributed by atoms with Crippen molar-refractivity contribution in [3.8, 4) is 22.6 Å². The molecule has 0 unspecified atom stereocenters. The number of hydrogen-bond donors (Lipinski definition) is 1. The van der Waals surface area contributed by atoms with Crippen LogP contribution in [-0.4, -0.2) is 30.0 Å². The van der Waals surface area contributed by atoms with Gasteiger partial charge in [0, 0.05) is 16.1 Å². The van der Waals surface area contributed by atoms with Crippen molar-refractivity contribution in [3.63, 3.8) is 0 Å². The van der Waals surface area contributed by atoms with E-state index in [0.29, 0.717) is 38.9 Å². The molecule has 5 rings (SSSR count). The molecule has 0 fully saturated rings. The fourth-order valence-corrected chi connectivity index (χ4v) is 3.87. The van der Waals surface area contributed by atoms with Gasteiger partial charge in [0.1, 0.15) is 5.52 Å². The van der Waals surface area contributed by atoms with Crippen LogP contribution >= 0.6 is 23.4 Å². The van der Waals surface area contributed by atoms with Gasteiger partial charge < -0.3 is 4.52 Å². The fourth-order valence-electron chi connectivity index (χ4n) is 3.01. The zero-order chi connectivity index (χ0) is 21.4. The van der Waals surface area contributed by atoms with Crippen molar-refractivity contribution in [2.24, 2.45) is 0 Å². The molecule has 10 heteroatoms. The van der Waals surface area contributed by atoms with Crippen LogP contribution in [0.5, 0.6) is 0 Å². The van der Waals surface area contributed by atoms with E-state index in [1.54, 1.807) is 18.2 Å². The number of H-pyrrole nitrogens is 1. The zero-order valence-corrected chi connectivity index (χ0v) is 17.8. The molecule has 0 aliphatic rings. The Morgan fingerprint density at radius 1 is 1.10 bits per heavy atom. The van der Waals surface area contributed by atoms with E-state index in [0.717, 1.165) is 16.7 Å². The molecular weight excluding hydrogens is 436 g/mol. The SMILES string of the molecule is Cc1ccc(-c2cc3c(=O)[nH]nc(SCc4nc(-c5ccc(Cl)cc5)no4)n3n2)cc1. The maximum atomic E-state index is 12.2. The first-order valence-corrected chi connectivity index (χ1v) is 10.7. The van der Waals surface area contributed by atoms with Crippen LogP contribution in [0.2, 0.25) is 5.02 Å². The lowest BCUT2D eigenvalue weighted by Gasteiger charge is -2.00. The Kier molecular flexibility index (Phi) is 5.05. The minimum atomic E-state index is -0.307. The number of aromatic nitrogens is 6. The van der Waals surface area contributed by atoms with E-state index < -0.39 is 0 Å². The topological polar surface area (TPSA) is 102 Å². The van der Waals surface area contributed by atoms with Crippen molar-refractivity contribution in [2.75, 3.05) is 0 Å². The van der Waals surface area contributed by atoms with Crippen molar-refractivity contribution in [1.29, 1.82) is 0 Å². The Labute approximate surface area is 185 Å². The van der Waals surface area contributed by atoms with E-state index in [1.807, 2.05) is 43.3 Å².